The number of hydrogen-bond acceptors (Lipinski definition) is 3. The first-order chi connectivity index (χ1) is 8.08. The summed E-state index contributed by atoms with van der Waals surface area (Å²) in [5.41, 5.74) is 0.774. The number of hydrogen-bond donors (Lipinski definition) is 2. The van der Waals surface area contributed by atoms with Gasteiger partial charge < -0.3 is 10.6 Å². The molecule has 0 aliphatic heterocycles. The average molecular weight is 235 g/mol. The van der Waals surface area contributed by atoms with Crippen molar-refractivity contribution in [3.05, 3.63) is 35.1 Å². The number of benzene rings is 1. The van der Waals surface area contributed by atoms with Gasteiger partial charge in [0.05, 0.1) is 11.6 Å². The Balaban J connectivity index is 2.65. The SMILES string of the molecule is CNC(=O)C(C)NCc1ccc(F)c(C#N)c1. The van der Waals surface area contributed by atoms with Gasteiger partial charge in [0, 0.05) is 13.6 Å². The second kappa shape index (κ2) is 5.97. The Labute approximate surface area is 99.4 Å². The highest BCUT2D eigenvalue weighted by Crippen LogP contribution is 2.09. The van der Waals surface area contributed by atoms with E-state index in [2.05, 4.69) is 10.6 Å². The lowest BCUT2D eigenvalue weighted by Crippen LogP contribution is -2.40. The van der Waals surface area contributed by atoms with Crippen LogP contribution in [-0.4, -0.2) is 19.0 Å². The molecule has 0 aliphatic rings. The number of amides is 1. The summed E-state index contributed by atoms with van der Waals surface area (Å²) in [5.74, 6) is -0.650. The molecule has 5 heteroatoms. The van der Waals surface area contributed by atoms with Crippen molar-refractivity contribution in [2.75, 3.05) is 7.05 Å². The van der Waals surface area contributed by atoms with Crippen molar-refractivity contribution in [1.82, 2.24) is 10.6 Å². The molecule has 2 N–H and O–H groups in total. The van der Waals surface area contributed by atoms with Gasteiger partial charge >= 0.3 is 0 Å². The molecule has 4 nitrogen and oxygen atoms in total. The van der Waals surface area contributed by atoms with Crippen molar-refractivity contribution in [3.8, 4) is 6.07 Å². The van der Waals surface area contributed by atoms with E-state index < -0.39 is 5.82 Å². The molecule has 1 unspecified atom stereocenters. The minimum atomic E-state index is -0.532. The molecule has 1 rings (SSSR count). The van der Waals surface area contributed by atoms with Gasteiger partial charge in [-0.1, -0.05) is 6.07 Å². The van der Waals surface area contributed by atoms with Crippen molar-refractivity contribution in [3.63, 3.8) is 0 Å². The van der Waals surface area contributed by atoms with E-state index in [0.717, 1.165) is 5.56 Å². The van der Waals surface area contributed by atoms with Crippen molar-refractivity contribution in [2.24, 2.45) is 0 Å². The molecule has 1 aromatic carbocycles. The van der Waals surface area contributed by atoms with Crippen molar-refractivity contribution in [2.45, 2.75) is 19.5 Å². The van der Waals surface area contributed by atoms with Crippen LogP contribution in [0.2, 0.25) is 0 Å². The molecule has 0 aromatic heterocycles. The third-order valence-electron chi connectivity index (χ3n) is 2.40. The molecule has 0 radical (unpaired) electrons. The van der Waals surface area contributed by atoms with Crippen LogP contribution in [0.15, 0.2) is 18.2 Å². The number of likely N-dealkylation sites (N-methyl/N-ethyl adjacent to an activating group) is 1. The van der Waals surface area contributed by atoms with Crippen LogP contribution in [0.25, 0.3) is 0 Å². The molecular formula is C12H14FN3O. The maximum Gasteiger partial charge on any atom is 0.236 e. The Kier molecular flexibility index (Phi) is 4.61. The smallest absolute Gasteiger partial charge is 0.236 e. The van der Waals surface area contributed by atoms with Crippen LogP contribution in [0.3, 0.4) is 0 Å². The summed E-state index contributed by atoms with van der Waals surface area (Å²) < 4.78 is 13.0. The first kappa shape index (κ1) is 13.1. The fourth-order valence-electron chi connectivity index (χ4n) is 1.35. The minimum Gasteiger partial charge on any atom is -0.358 e. The highest BCUT2D eigenvalue weighted by atomic mass is 19.1. The predicted octanol–water partition coefficient (Wildman–Crippen LogP) is 0.921. The van der Waals surface area contributed by atoms with Gasteiger partial charge in [-0.05, 0) is 24.6 Å². The second-order valence-electron chi connectivity index (χ2n) is 3.64. The number of nitrogens with zero attached hydrogens (tertiary/aromatic N) is 1. The van der Waals surface area contributed by atoms with E-state index in [4.69, 9.17) is 5.26 Å². The van der Waals surface area contributed by atoms with Crippen molar-refractivity contribution >= 4 is 5.91 Å². The monoisotopic (exact) mass is 235 g/mol. The first-order valence-corrected chi connectivity index (χ1v) is 5.22. The summed E-state index contributed by atoms with van der Waals surface area (Å²) >= 11 is 0. The third-order valence-corrected chi connectivity index (χ3v) is 2.40. The number of halogens is 1. The van der Waals surface area contributed by atoms with Crippen LogP contribution in [0.1, 0.15) is 18.1 Å². The molecule has 1 aromatic rings. The van der Waals surface area contributed by atoms with E-state index in [9.17, 15) is 9.18 Å². The summed E-state index contributed by atoms with van der Waals surface area (Å²) in [6.07, 6.45) is 0. The lowest BCUT2D eigenvalue weighted by Gasteiger charge is -2.12. The molecular weight excluding hydrogens is 221 g/mol. The van der Waals surface area contributed by atoms with Crippen LogP contribution in [0.4, 0.5) is 4.39 Å². The number of nitriles is 1. The topological polar surface area (TPSA) is 64.9 Å². The minimum absolute atomic E-state index is 0.0110. The number of rotatable bonds is 4. The third kappa shape index (κ3) is 3.54. The maximum absolute atomic E-state index is 13.0. The van der Waals surface area contributed by atoms with Gasteiger partial charge in [-0.2, -0.15) is 5.26 Å². The zero-order chi connectivity index (χ0) is 12.8. The van der Waals surface area contributed by atoms with Crippen molar-refractivity contribution in [1.29, 1.82) is 5.26 Å². The first-order valence-electron chi connectivity index (χ1n) is 5.22. The Morgan fingerprint density at radius 1 is 1.59 bits per heavy atom. The Morgan fingerprint density at radius 3 is 2.88 bits per heavy atom. The lowest BCUT2D eigenvalue weighted by atomic mass is 10.1. The van der Waals surface area contributed by atoms with E-state index in [1.807, 2.05) is 0 Å². The molecule has 17 heavy (non-hydrogen) atoms. The van der Waals surface area contributed by atoms with Crippen LogP contribution >= 0.6 is 0 Å². The van der Waals surface area contributed by atoms with Crippen molar-refractivity contribution < 1.29 is 9.18 Å². The number of carbonyl (C=O) groups is 1. The lowest BCUT2D eigenvalue weighted by molar-refractivity contribution is -0.122. The standard InChI is InChI=1S/C12H14FN3O/c1-8(12(17)15-2)16-7-9-3-4-11(13)10(5-9)6-14/h3-5,8,16H,7H2,1-2H3,(H,15,17). The Bertz CT molecular complexity index is 454. The van der Waals surface area contributed by atoms with Crippen LogP contribution < -0.4 is 10.6 Å². The largest absolute Gasteiger partial charge is 0.358 e. The van der Waals surface area contributed by atoms with E-state index in [1.165, 1.54) is 12.1 Å². The molecule has 0 aliphatic carbocycles. The molecule has 0 bridgehead atoms. The molecule has 0 saturated carbocycles. The summed E-state index contributed by atoms with van der Waals surface area (Å²) in [4.78, 5) is 11.2. The second-order valence-corrected chi connectivity index (χ2v) is 3.64. The Morgan fingerprint density at radius 2 is 2.29 bits per heavy atom. The normalized spacial score (nSPS) is 11.6. The number of carbonyl (C=O) groups excluding carboxylic acids is 1. The summed E-state index contributed by atoms with van der Waals surface area (Å²) in [6.45, 7) is 2.14. The molecule has 1 amide bonds. The van der Waals surface area contributed by atoms with Gasteiger partial charge in [0.2, 0.25) is 5.91 Å². The predicted molar refractivity (Wildman–Crippen MR) is 61.5 cm³/mol. The highest BCUT2D eigenvalue weighted by Gasteiger charge is 2.10. The van der Waals surface area contributed by atoms with Gasteiger partial charge in [0.25, 0.3) is 0 Å². The fraction of sp³-hybridized carbons (Fsp3) is 0.333. The molecule has 0 saturated heterocycles. The van der Waals surface area contributed by atoms with E-state index in [-0.39, 0.29) is 17.5 Å². The van der Waals surface area contributed by atoms with Gasteiger partial charge in [-0.25, -0.2) is 4.39 Å². The summed E-state index contributed by atoms with van der Waals surface area (Å²) in [7, 11) is 1.56. The number of nitrogens with one attached hydrogen (secondary N) is 2. The van der Waals surface area contributed by atoms with Crippen LogP contribution in [0, 0.1) is 17.1 Å². The van der Waals surface area contributed by atoms with Gasteiger partial charge in [0.1, 0.15) is 11.9 Å². The fourth-order valence-corrected chi connectivity index (χ4v) is 1.35. The summed E-state index contributed by atoms with van der Waals surface area (Å²) in [5, 5.41) is 14.2. The van der Waals surface area contributed by atoms with Crippen LogP contribution in [-0.2, 0) is 11.3 Å². The molecule has 0 fully saturated rings. The Hall–Kier alpha value is -1.93. The van der Waals surface area contributed by atoms with Gasteiger partial charge in [0.15, 0.2) is 0 Å². The van der Waals surface area contributed by atoms with E-state index in [1.54, 1.807) is 26.1 Å². The maximum atomic E-state index is 13.0. The van der Waals surface area contributed by atoms with E-state index in [0.29, 0.717) is 6.54 Å². The molecule has 90 valence electrons. The zero-order valence-corrected chi connectivity index (χ0v) is 9.75. The van der Waals surface area contributed by atoms with Gasteiger partial charge in [-0.15, -0.1) is 0 Å². The highest BCUT2D eigenvalue weighted by molar-refractivity contribution is 5.80. The zero-order valence-electron chi connectivity index (χ0n) is 9.75. The quantitative estimate of drug-likeness (QED) is 0.815. The summed E-state index contributed by atoms with van der Waals surface area (Å²) in [6, 6.07) is 5.74. The van der Waals surface area contributed by atoms with Gasteiger partial charge in [-0.3, -0.25) is 4.79 Å². The van der Waals surface area contributed by atoms with Crippen LogP contribution in [0.5, 0.6) is 0 Å². The molecule has 0 spiro atoms. The molecule has 1 atom stereocenters. The molecule has 0 heterocycles. The van der Waals surface area contributed by atoms with E-state index >= 15 is 0 Å². The average Bonchev–Trinajstić information content (AvgIpc) is 2.36.